The number of hydrogen-bond acceptors (Lipinski definition) is 3. The number of rotatable bonds is 0. The molecule has 2 amide bonds. The monoisotopic (exact) mass is 259 g/mol. The maximum absolute atomic E-state index is 11.8. The van der Waals surface area contributed by atoms with Gasteiger partial charge in [-0.2, -0.15) is 5.10 Å². The van der Waals surface area contributed by atoms with Crippen molar-refractivity contribution in [3.8, 4) is 5.75 Å². The third kappa shape index (κ3) is 1.77. The van der Waals surface area contributed by atoms with E-state index in [0.29, 0.717) is 0 Å². The number of hydrogen-bond donors (Lipinski definition) is 1. The van der Waals surface area contributed by atoms with Crippen molar-refractivity contribution >= 4 is 11.7 Å². The molecule has 0 bridgehead atoms. The number of carbonyl (C=O) groups excluding carboxylic acids is 1. The van der Waals surface area contributed by atoms with Crippen molar-refractivity contribution in [2.45, 2.75) is 32.4 Å². The lowest BCUT2D eigenvalue weighted by molar-refractivity contribution is 0.150. The number of hydrazone groups is 1. The molecule has 0 spiro atoms. The summed E-state index contributed by atoms with van der Waals surface area (Å²) in [6.45, 7) is 5.95. The quantitative estimate of drug-likeness (QED) is 0.776. The van der Waals surface area contributed by atoms with E-state index in [0.717, 1.165) is 22.6 Å². The Morgan fingerprint density at radius 1 is 1.42 bits per heavy atom. The molecule has 0 saturated heterocycles. The van der Waals surface area contributed by atoms with Crippen LogP contribution in [0.15, 0.2) is 23.3 Å². The van der Waals surface area contributed by atoms with E-state index in [2.05, 4.69) is 10.4 Å². The summed E-state index contributed by atoms with van der Waals surface area (Å²) < 4.78 is 6.02. The van der Waals surface area contributed by atoms with Crippen LogP contribution < -0.4 is 10.1 Å². The molecule has 2 aliphatic heterocycles. The van der Waals surface area contributed by atoms with Gasteiger partial charge in [-0.15, -0.1) is 0 Å². The molecule has 2 heterocycles. The molecule has 1 aromatic rings. The zero-order chi connectivity index (χ0) is 13.8. The van der Waals surface area contributed by atoms with Crippen molar-refractivity contribution in [3.63, 3.8) is 0 Å². The van der Waals surface area contributed by atoms with E-state index in [4.69, 9.17) is 4.74 Å². The summed E-state index contributed by atoms with van der Waals surface area (Å²) in [5.74, 6) is 0.810. The van der Waals surface area contributed by atoms with Gasteiger partial charge in [0.1, 0.15) is 23.1 Å². The van der Waals surface area contributed by atoms with Crippen molar-refractivity contribution in [2.24, 2.45) is 5.10 Å². The van der Waals surface area contributed by atoms with Gasteiger partial charge in [-0.05, 0) is 32.9 Å². The molecule has 1 unspecified atom stereocenters. The van der Waals surface area contributed by atoms with E-state index < -0.39 is 5.60 Å². The number of ether oxygens (including phenoxy) is 1. The first-order chi connectivity index (χ1) is 8.88. The molecule has 0 fully saturated rings. The highest BCUT2D eigenvalue weighted by molar-refractivity contribution is 6.03. The molecule has 3 rings (SSSR count). The minimum atomic E-state index is -0.533. The molecule has 19 heavy (non-hydrogen) atoms. The van der Waals surface area contributed by atoms with Gasteiger partial charge in [0.05, 0.1) is 0 Å². The van der Waals surface area contributed by atoms with Gasteiger partial charge in [0.2, 0.25) is 0 Å². The zero-order valence-electron chi connectivity index (χ0n) is 11.5. The van der Waals surface area contributed by atoms with Gasteiger partial charge in [0, 0.05) is 12.6 Å². The number of aryl methyl sites for hydroxylation is 1. The van der Waals surface area contributed by atoms with E-state index in [1.165, 1.54) is 5.01 Å². The van der Waals surface area contributed by atoms with Gasteiger partial charge in [-0.1, -0.05) is 11.6 Å². The second-order valence-electron chi connectivity index (χ2n) is 5.55. The normalized spacial score (nSPS) is 23.8. The number of urea groups is 1. The lowest BCUT2D eigenvalue weighted by Gasteiger charge is -2.42. The second-order valence-corrected chi connectivity index (χ2v) is 5.55. The second kappa shape index (κ2) is 3.73. The fourth-order valence-corrected chi connectivity index (χ4v) is 2.56. The highest BCUT2D eigenvalue weighted by atomic mass is 16.5. The van der Waals surface area contributed by atoms with Gasteiger partial charge >= 0.3 is 6.03 Å². The molecule has 0 radical (unpaired) electrons. The van der Waals surface area contributed by atoms with Crippen LogP contribution in [-0.2, 0) is 0 Å². The molecule has 5 heteroatoms. The van der Waals surface area contributed by atoms with Crippen molar-refractivity contribution < 1.29 is 9.53 Å². The molecule has 2 aliphatic rings. The molecular formula is C14H17N3O2. The average Bonchev–Trinajstić information content (AvgIpc) is 2.33. The van der Waals surface area contributed by atoms with Gasteiger partial charge in [0.15, 0.2) is 0 Å². The minimum Gasteiger partial charge on any atom is -0.481 e. The van der Waals surface area contributed by atoms with Crippen molar-refractivity contribution in [2.75, 3.05) is 7.05 Å². The van der Waals surface area contributed by atoms with Crippen LogP contribution in [0.3, 0.4) is 0 Å². The Morgan fingerprint density at radius 2 is 2.16 bits per heavy atom. The SMILES string of the molecule is Cc1ccc2c(c1)C1NC(=O)N(C)N=C1C(C)(C)O2. The molecular weight excluding hydrogens is 242 g/mol. The van der Waals surface area contributed by atoms with E-state index in [9.17, 15) is 4.79 Å². The Labute approximate surface area is 112 Å². The van der Waals surface area contributed by atoms with Crippen molar-refractivity contribution in [1.82, 2.24) is 10.3 Å². The lowest BCUT2D eigenvalue weighted by Crippen LogP contribution is -2.56. The first kappa shape index (κ1) is 12.0. The van der Waals surface area contributed by atoms with Gasteiger partial charge in [-0.25, -0.2) is 9.80 Å². The molecule has 100 valence electrons. The zero-order valence-corrected chi connectivity index (χ0v) is 11.5. The fraction of sp³-hybridized carbons (Fsp3) is 0.429. The molecule has 1 aromatic carbocycles. The van der Waals surface area contributed by atoms with Crippen LogP contribution in [-0.4, -0.2) is 29.4 Å². The van der Waals surface area contributed by atoms with E-state index in [-0.39, 0.29) is 12.1 Å². The maximum atomic E-state index is 11.8. The number of nitrogens with one attached hydrogen (secondary N) is 1. The summed E-state index contributed by atoms with van der Waals surface area (Å²) in [4.78, 5) is 11.8. The molecule has 0 aliphatic carbocycles. The molecule has 1 N–H and O–H groups in total. The fourth-order valence-electron chi connectivity index (χ4n) is 2.56. The third-order valence-corrected chi connectivity index (χ3v) is 3.55. The largest absolute Gasteiger partial charge is 0.481 e. The minimum absolute atomic E-state index is 0.195. The van der Waals surface area contributed by atoms with Crippen molar-refractivity contribution in [3.05, 3.63) is 29.3 Å². The topological polar surface area (TPSA) is 53.9 Å². The third-order valence-electron chi connectivity index (χ3n) is 3.55. The number of nitrogens with zero attached hydrogens (tertiary/aromatic N) is 2. The summed E-state index contributed by atoms with van der Waals surface area (Å²) in [6, 6.07) is 5.60. The summed E-state index contributed by atoms with van der Waals surface area (Å²) in [7, 11) is 1.64. The Bertz CT molecular complexity index is 592. The average molecular weight is 259 g/mol. The van der Waals surface area contributed by atoms with Crippen molar-refractivity contribution in [1.29, 1.82) is 0 Å². The first-order valence-corrected chi connectivity index (χ1v) is 6.31. The summed E-state index contributed by atoms with van der Waals surface area (Å²) in [6.07, 6.45) is 0. The summed E-state index contributed by atoms with van der Waals surface area (Å²) >= 11 is 0. The van der Waals surface area contributed by atoms with E-state index >= 15 is 0 Å². The van der Waals surface area contributed by atoms with Crippen LogP contribution in [0.4, 0.5) is 4.79 Å². The molecule has 0 aromatic heterocycles. The lowest BCUT2D eigenvalue weighted by atomic mass is 9.86. The molecule has 1 atom stereocenters. The van der Waals surface area contributed by atoms with Gasteiger partial charge < -0.3 is 10.1 Å². The number of benzene rings is 1. The first-order valence-electron chi connectivity index (χ1n) is 6.31. The number of fused-ring (bicyclic) bond motifs is 3. The highest BCUT2D eigenvalue weighted by Crippen LogP contribution is 2.39. The molecule has 5 nitrogen and oxygen atoms in total. The van der Waals surface area contributed by atoms with E-state index in [1.54, 1.807) is 7.05 Å². The summed E-state index contributed by atoms with van der Waals surface area (Å²) in [5, 5.41) is 8.68. The van der Waals surface area contributed by atoms with Crippen LogP contribution in [0, 0.1) is 6.92 Å². The smallest absolute Gasteiger partial charge is 0.338 e. The van der Waals surface area contributed by atoms with Crippen LogP contribution in [0.25, 0.3) is 0 Å². The Morgan fingerprint density at radius 3 is 2.89 bits per heavy atom. The number of amides is 2. The highest BCUT2D eigenvalue weighted by Gasteiger charge is 2.44. The Hall–Kier alpha value is -2.04. The van der Waals surface area contributed by atoms with Gasteiger partial charge in [-0.3, -0.25) is 0 Å². The van der Waals surface area contributed by atoms with Crippen LogP contribution in [0.2, 0.25) is 0 Å². The summed E-state index contributed by atoms with van der Waals surface area (Å²) in [5.41, 5.74) is 2.40. The van der Waals surface area contributed by atoms with E-state index in [1.807, 2.05) is 39.0 Å². The number of carbonyl (C=O) groups is 1. The molecule has 0 saturated carbocycles. The van der Waals surface area contributed by atoms with Crippen LogP contribution >= 0.6 is 0 Å². The Kier molecular flexibility index (Phi) is 2.36. The van der Waals surface area contributed by atoms with Gasteiger partial charge in [0.25, 0.3) is 0 Å². The Balaban J connectivity index is 2.19. The van der Waals surface area contributed by atoms with Crippen LogP contribution in [0.1, 0.15) is 31.0 Å². The maximum Gasteiger partial charge on any atom is 0.338 e. The predicted octanol–water partition coefficient (Wildman–Crippen LogP) is 2.22. The predicted molar refractivity (Wildman–Crippen MR) is 72.4 cm³/mol. The van der Waals surface area contributed by atoms with Crippen LogP contribution in [0.5, 0.6) is 5.75 Å². The standard InChI is InChI=1S/C14H17N3O2/c1-8-5-6-10-9(7-8)11-12(14(2,3)19-10)16-17(4)13(18)15-11/h5-7,11H,1-4H3,(H,15,18).